The lowest BCUT2D eigenvalue weighted by Crippen LogP contribution is -1.99. The summed E-state index contributed by atoms with van der Waals surface area (Å²) in [7, 11) is 0. The molecule has 0 saturated heterocycles. The van der Waals surface area contributed by atoms with E-state index in [4.69, 9.17) is 40.6 Å². The average Bonchev–Trinajstić information content (AvgIpc) is 2.13. The van der Waals surface area contributed by atoms with Crippen LogP contribution in [0.25, 0.3) is 0 Å². The molecular formula is C8H7Cl3N2. The minimum absolute atomic E-state index is 0.323. The highest BCUT2D eigenvalue weighted by molar-refractivity contribution is 6.49. The zero-order valence-electron chi connectivity index (χ0n) is 6.81. The summed E-state index contributed by atoms with van der Waals surface area (Å²) in [4.78, 5) is 0. The van der Waals surface area contributed by atoms with E-state index >= 15 is 0 Å². The van der Waals surface area contributed by atoms with E-state index in [0.29, 0.717) is 26.3 Å². The number of nitrogens with two attached hydrogens (primary N) is 1. The van der Waals surface area contributed by atoms with Gasteiger partial charge in [-0.25, -0.2) is 0 Å². The molecule has 0 fully saturated rings. The number of rotatable bonds is 1. The highest BCUT2D eigenvalue weighted by Crippen LogP contribution is 2.32. The van der Waals surface area contributed by atoms with Crippen LogP contribution in [0.1, 0.15) is 12.5 Å². The van der Waals surface area contributed by atoms with Gasteiger partial charge in [-0.2, -0.15) is 5.10 Å². The second-order valence-corrected chi connectivity index (χ2v) is 3.60. The standard InChI is InChI=1S/C8H7Cl3N2/c1-4(13-12)5-2-3-6(9)8(11)7(5)10/h2-3H,12H2,1H3. The van der Waals surface area contributed by atoms with E-state index in [-0.39, 0.29) is 0 Å². The quantitative estimate of drug-likeness (QED) is 0.346. The van der Waals surface area contributed by atoms with Gasteiger partial charge in [0.15, 0.2) is 0 Å². The topological polar surface area (TPSA) is 38.4 Å². The number of nitrogens with zero attached hydrogens (tertiary/aromatic N) is 1. The average molecular weight is 238 g/mol. The van der Waals surface area contributed by atoms with E-state index in [0.717, 1.165) is 0 Å². The summed E-state index contributed by atoms with van der Waals surface area (Å²) in [6.07, 6.45) is 0. The van der Waals surface area contributed by atoms with Crippen LogP contribution >= 0.6 is 34.8 Å². The van der Waals surface area contributed by atoms with Crippen LogP contribution in [0.15, 0.2) is 17.2 Å². The van der Waals surface area contributed by atoms with Gasteiger partial charge >= 0.3 is 0 Å². The normalized spacial score (nSPS) is 11.8. The molecule has 70 valence electrons. The van der Waals surface area contributed by atoms with Gasteiger partial charge in [-0.3, -0.25) is 0 Å². The molecule has 0 unspecified atom stereocenters. The van der Waals surface area contributed by atoms with Crippen molar-refractivity contribution in [1.82, 2.24) is 0 Å². The molecule has 1 rings (SSSR count). The monoisotopic (exact) mass is 236 g/mol. The maximum Gasteiger partial charge on any atom is 0.0785 e. The van der Waals surface area contributed by atoms with Gasteiger partial charge in [0.2, 0.25) is 0 Å². The molecule has 0 amide bonds. The third-order valence-electron chi connectivity index (χ3n) is 1.62. The van der Waals surface area contributed by atoms with Crippen molar-refractivity contribution in [2.75, 3.05) is 0 Å². The van der Waals surface area contributed by atoms with Gasteiger partial charge in [-0.15, -0.1) is 0 Å². The van der Waals surface area contributed by atoms with Gasteiger partial charge in [0.05, 0.1) is 20.8 Å². The first-order valence-electron chi connectivity index (χ1n) is 3.46. The smallest absolute Gasteiger partial charge is 0.0785 e. The predicted octanol–water partition coefficient (Wildman–Crippen LogP) is 3.33. The molecule has 13 heavy (non-hydrogen) atoms. The van der Waals surface area contributed by atoms with Crippen LogP contribution in [0, 0.1) is 0 Å². The van der Waals surface area contributed by atoms with Crippen LogP contribution in [0.4, 0.5) is 0 Å². The Bertz CT molecular complexity index is 361. The Hall–Kier alpha value is -0.440. The van der Waals surface area contributed by atoms with Crippen molar-refractivity contribution in [2.45, 2.75) is 6.92 Å². The molecule has 0 aromatic heterocycles. The Morgan fingerprint density at radius 3 is 2.38 bits per heavy atom. The molecule has 0 atom stereocenters. The Balaban J connectivity index is 3.34. The first kappa shape index (κ1) is 10.6. The Kier molecular flexibility index (Phi) is 3.42. The molecule has 0 aliphatic heterocycles. The lowest BCUT2D eigenvalue weighted by Gasteiger charge is -2.05. The molecule has 0 aliphatic rings. The molecule has 5 heteroatoms. The zero-order chi connectivity index (χ0) is 10.0. The highest BCUT2D eigenvalue weighted by atomic mass is 35.5. The minimum Gasteiger partial charge on any atom is -0.323 e. The molecule has 2 nitrogen and oxygen atoms in total. The van der Waals surface area contributed by atoms with E-state index < -0.39 is 0 Å². The summed E-state index contributed by atoms with van der Waals surface area (Å²) in [5.41, 5.74) is 1.31. The van der Waals surface area contributed by atoms with Crippen LogP contribution in [-0.2, 0) is 0 Å². The summed E-state index contributed by atoms with van der Waals surface area (Å²) in [6.45, 7) is 1.74. The van der Waals surface area contributed by atoms with Crippen LogP contribution in [-0.4, -0.2) is 5.71 Å². The van der Waals surface area contributed by atoms with Gasteiger partial charge in [-0.1, -0.05) is 40.9 Å². The van der Waals surface area contributed by atoms with E-state index in [1.54, 1.807) is 19.1 Å². The maximum absolute atomic E-state index is 5.92. The van der Waals surface area contributed by atoms with E-state index in [9.17, 15) is 0 Å². The molecule has 0 saturated carbocycles. The molecule has 0 bridgehead atoms. The summed E-state index contributed by atoms with van der Waals surface area (Å²) in [5, 5.41) is 4.64. The molecule has 0 aliphatic carbocycles. The summed E-state index contributed by atoms with van der Waals surface area (Å²) in [6, 6.07) is 3.38. The molecule has 1 aromatic rings. The Labute approximate surface area is 91.3 Å². The third-order valence-corrected chi connectivity index (χ3v) is 2.91. The third kappa shape index (κ3) is 2.08. The summed E-state index contributed by atoms with van der Waals surface area (Å²) < 4.78 is 0. The van der Waals surface area contributed by atoms with Gasteiger partial charge in [0.25, 0.3) is 0 Å². The minimum atomic E-state index is 0.323. The lowest BCUT2D eigenvalue weighted by molar-refractivity contribution is 1.24. The molecule has 0 heterocycles. The number of hydrogen-bond donors (Lipinski definition) is 1. The molecule has 0 spiro atoms. The fourth-order valence-corrected chi connectivity index (χ4v) is 1.55. The number of benzene rings is 1. The molecule has 0 radical (unpaired) electrons. The van der Waals surface area contributed by atoms with E-state index in [2.05, 4.69) is 5.10 Å². The van der Waals surface area contributed by atoms with E-state index in [1.807, 2.05) is 0 Å². The van der Waals surface area contributed by atoms with Gasteiger partial charge in [-0.05, 0) is 13.0 Å². The maximum atomic E-state index is 5.92. The van der Waals surface area contributed by atoms with Crippen molar-refractivity contribution in [3.63, 3.8) is 0 Å². The predicted molar refractivity (Wildman–Crippen MR) is 57.9 cm³/mol. The van der Waals surface area contributed by atoms with Crippen molar-refractivity contribution < 1.29 is 0 Å². The Morgan fingerprint density at radius 1 is 1.23 bits per heavy atom. The van der Waals surface area contributed by atoms with Crippen molar-refractivity contribution in [3.05, 3.63) is 32.8 Å². The Morgan fingerprint density at radius 2 is 1.85 bits per heavy atom. The first-order chi connectivity index (χ1) is 6.07. The SMILES string of the molecule is CC(=NN)c1ccc(Cl)c(Cl)c1Cl. The lowest BCUT2D eigenvalue weighted by atomic mass is 10.1. The summed E-state index contributed by atoms with van der Waals surface area (Å²) in [5.74, 6) is 5.11. The molecular weight excluding hydrogens is 230 g/mol. The zero-order valence-corrected chi connectivity index (χ0v) is 9.08. The van der Waals surface area contributed by atoms with Crippen molar-refractivity contribution >= 4 is 40.5 Å². The molecule has 2 N–H and O–H groups in total. The van der Waals surface area contributed by atoms with Gasteiger partial charge in [0.1, 0.15) is 0 Å². The van der Waals surface area contributed by atoms with Crippen LogP contribution in [0.2, 0.25) is 15.1 Å². The van der Waals surface area contributed by atoms with Crippen LogP contribution in [0.3, 0.4) is 0 Å². The van der Waals surface area contributed by atoms with Crippen LogP contribution in [0.5, 0.6) is 0 Å². The van der Waals surface area contributed by atoms with Gasteiger partial charge in [0, 0.05) is 5.56 Å². The second-order valence-electron chi connectivity index (χ2n) is 2.44. The number of hydrazone groups is 1. The second kappa shape index (κ2) is 4.18. The van der Waals surface area contributed by atoms with Crippen LogP contribution < -0.4 is 5.84 Å². The highest BCUT2D eigenvalue weighted by Gasteiger charge is 2.10. The van der Waals surface area contributed by atoms with Crippen molar-refractivity contribution in [3.8, 4) is 0 Å². The fourth-order valence-electron chi connectivity index (χ4n) is 0.875. The van der Waals surface area contributed by atoms with Crippen molar-refractivity contribution in [2.24, 2.45) is 10.9 Å². The first-order valence-corrected chi connectivity index (χ1v) is 4.59. The van der Waals surface area contributed by atoms with Crippen molar-refractivity contribution in [1.29, 1.82) is 0 Å². The van der Waals surface area contributed by atoms with Gasteiger partial charge < -0.3 is 5.84 Å². The number of halogens is 3. The molecule has 1 aromatic carbocycles. The number of hydrogen-bond acceptors (Lipinski definition) is 2. The fraction of sp³-hybridized carbons (Fsp3) is 0.125. The summed E-state index contributed by atoms with van der Waals surface area (Å²) >= 11 is 17.5. The van der Waals surface area contributed by atoms with E-state index in [1.165, 1.54) is 0 Å². The largest absolute Gasteiger partial charge is 0.323 e.